The Morgan fingerprint density at radius 2 is 2.03 bits per heavy atom. The maximum absolute atomic E-state index is 13.0. The topological polar surface area (TPSA) is 182 Å². The summed E-state index contributed by atoms with van der Waals surface area (Å²) in [4.78, 5) is 59.4. The van der Waals surface area contributed by atoms with Gasteiger partial charge >= 0.3 is 11.9 Å². The Hall–Kier alpha value is -2.98. The number of carbonyl (C=O) groups excluding carboxylic acids is 3. The number of oxime groups is 1. The van der Waals surface area contributed by atoms with E-state index in [1.807, 2.05) is 0 Å². The van der Waals surface area contributed by atoms with Crippen LogP contribution in [0.4, 0.5) is 0 Å². The van der Waals surface area contributed by atoms with Crippen molar-refractivity contribution in [2.45, 2.75) is 37.8 Å². The highest BCUT2D eigenvalue weighted by Gasteiger charge is 2.54. The number of aliphatic carboxylic acids is 1. The number of aromatic nitrogens is 1. The molecule has 1 fully saturated rings. The van der Waals surface area contributed by atoms with Crippen LogP contribution >= 0.6 is 23.1 Å². The first-order chi connectivity index (χ1) is 16.7. The molecular formula is C20H24N4O9S3. The molecule has 0 radical (unpaired) electrons. The highest BCUT2D eigenvalue weighted by Crippen LogP contribution is 2.40. The largest absolute Gasteiger partial charge is 0.477 e. The zero-order chi connectivity index (χ0) is 26.8. The fourth-order valence-corrected chi connectivity index (χ4v) is 6.26. The van der Waals surface area contributed by atoms with Crippen LogP contribution in [0.5, 0.6) is 0 Å². The first kappa shape index (κ1) is 27.6. The average Bonchev–Trinajstić information content (AvgIpc) is 3.26. The molecule has 0 saturated carbocycles. The number of fused-ring (bicyclic) bond motifs is 1. The summed E-state index contributed by atoms with van der Waals surface area (Å²) in [6.45, 7) is 4.47. The van der Waals surface area contributed by atoms with Crippen LogP contribution in [0.2, 0.25) is 0 Å². The summed E-state index contributed by atoms with van der Waals surface area (Å²) < 4.78 is 28.5. The van der Waals surface area contributed by atoms with Crippen LogP contribution in [-0.2, 0) is 38.6 Å². The number of hydrogen-bond donors (Lipinski definition) is 2. The quantitative estimate of drug-likeness (QED) is 0.179. The third-order valence-electron chi connectivity index (χ3n) is 4.62. The summed E-state index contributed by atoms with van der Waals surface area (Å²) >= 11 is 2.31. The van der Waals surface area contributed by atoms with Crippen molar-refractivity contribution < 1.29 is 42.3 Å². The van der Waals surface area contributed by atoms with Gasteiger partial charge in [0.25, 0.3) is 11.8 Å². The molecule has 13 nitrogen and oxygen atoms in total. The fraction of sp³-hybridized carbons (Fsp3) is 0.500. The van der Waals surface area contributed by atoms with Crippen molar-refractivity contribution >= 4 is 62.4 Å². The number of amides is 2. The lowest BCUT2D eigenvalue weighted by molar-refractivity contribution is -0.160. The number of carboxylic acids is 1. The van der Waals surface area contributed by atoms with Crippen molar-refractivity contribution in [3.05, 3.63) is 27.9 Å². The second-order valence-electron chi connectivity index (χ2n) is 8.86. The van der Waals surface area contributed by atoms with Crippen LogP contribution in [-0.4, -0.2) is 94.3 Å². The molecule has 2 aliphatic rings. The minimum absolute atomic E-state index is 0.0571. The number of thioether (sulfide) groups is 1. The minimum Gasteiger partial charge on any atom is -0.477 e. The van der Waals surface area contributed by atoms with E-state index in [0.29, 0.717) is 0 Å². The number of rotatable bonds is 9. The summed E-state index contributed by atoms with van der Waals surface area (Å²) in [5.41, 5.74) is 0.268. The third kappa shape index (κ3) is 6.61. The van der Waals surface area contributed by atoms with Gasteiger partial charge in [-0.2, -0.15) is 0 Å². The maximum Gasteiger partial charge on any atom is 0.352 e. The van der Waals surface area contributed by atoms with Crippen LogP contribution in [0, 0.1) is 0 Å². The standard InChI is InChI=1S/C20H24N4O9S3/c1-20(2,3)33-12(25)5-32-23-13(11-7-34-9-21-11)16(26)22-14-17(27)24-15(19(28)29)10(6-35-18(14)24)8-36(4,30)31/h7,9,14,18H,5-6,8H2,1-4H3,(H,22,26)(H,28,29)/b23-13-/t14?,18-/m1/s1. The van der Waals surface area contributed by atoms with Gasteiger partial charge in [-0.25, -0.2) is 23.0 Å². The molecule has 0 bridgehead atoms. The van der Waals surface area contributed by atoms with Crippen molar-refractivity contribution in [1.29, 1.82) is 0 Å². The molecule has 2 atom stereocenters. The van der Waals surface area contributed by atoms with Crippen molar-refractivity contribution in [2.75, 3.05) is 24.4 Å². The number of carbonyl (C=O) groups is 4. The zero-order valence-electron chi connectivity index (χ0n) is 19.7. The van der Waals surface area contributed by atoms with Gasteiger partial charge in [-0.1, -0.05) is 5.16 Å². The van der Waals surface area contributed by atoms with E-state index < -0.39 is 68.7 Å². The van der Waals surface area contributed by atoms with Gasteiger partial charge in [0.05, 0.1) is 11.3 Å². The summed E-state index contributed by atoms with van der Waals surface area (Å²) in [5.74, 6) is -4.11. The third-order valence-corrected chi connectivity index (χ3v) is 7.42. The van der Waals surface area contributed by atoms with Gasteiger partial charge in [0.15, 0.2) is 15.5 Å². The number of thiazole rings is 1. The van der Waals surface area contributed by atoms with E-state index >= 15 is 0 Å². The Morgan fingerprint density at radius 1 is 1.33 bits per heavy atom. The second kappa shape index (κ2) is 10.6. The van der Waals surface area contributed by atoms with E-state index in [9.17, 15) is 32.7 Å². The predicted molar refractivity (Wildman–Crippen MR) is 130 cm³/mol. The van der Waals surface area contributed by atoms with Crippen molar-refractivity contribution in [3.63, 3.8) is 0 Å². The molecule has 16 heteroatoms. The maximum atomic E-state index is 13.0. The molecule has 2 N–H and O–H groups in total. The Balaban J connectivity index is 1.75. The van der Waals surface area contributed by atoms with Crippen molar-refractivity contribution in [2.24, 2.45) is 5.16 Å². The van der Waals surface area contributed by atoms with Crippen LogP contribution in [0.25, 0.3) is 0 Å². The summed E-state index contributed by atoms with van der Waals surface area (Å²) in [5, 5.41) is 16.6. The number of β-lactam (4-membered cyclic amide) rings is 1. The van der Waals surface area contributed by atoms with E-state index in [-0.39, 0.29) is 22.7 Å². The number of sulfone groups is 1. The van der Waals surface area contributed by atoms with Gasteiger partial charge in [0.1, 0.15) is 28.4 Å². The van der Waals surface area contributed by atoms with E-state index in [4.69, 9.17) is 9.57 Å². The molecule has 1 aromatic rings. The normalized spacial score (nSPS) is 20.4. The predicted octanol–water partition coefficient (Wildman–Crippen LogP) is -0.0113. The van der Waals surface area contributed by atoms with E-state index in [1.165, 1.54) is 22.2 Å². The molecular weight excluding hydrogens is 536 g/mol. The Labute approximate surface area is 214 Å². The SMILES string of the molecule is CC(C)(C)OC(=O)CO/N=C(\C(=O)NC1C(=O)N2C(C(=O)O)=C(CS(C)(=O)=O)CS[C@H]12)c1cscn1. The van der Waals surface area contributed by atoms with E-state index in [2.05, 4.69) is 15.5 Å². The Kier molecular flexibility index (Phi) is 8.10. The molecule has 3 heterocycles. The number of esters is 1. The van der Waals surface area contributed by atoms with Crippen LogP contribution in [0.15, 0.2) is 27.3 Å². The summed E-state index contributed by atoms with van der Waals surface area (Å²) in [6.07, 6.45) is 0.974. The van der Waals surface area contributed by atoms with Crippen molar-refractivity contribution in [1.82, 2.24) is 15.2 Å². The van der Waals surface area contributed by atoms with Gasteiger partial charge in [-0.05, 0) is 26.3 Å². The lowest BCUT2D eigenvalue weighted by atomic mass is 10.0. The first-order valence-electron chi connectivity index (χ1n) is 10.4. The molecule has 0 aliphatic carbocycles. The smallest absolute Gasteiger partial charge is 0.352 e. The number of nitrogens with one attached hydrogen (secondary N) is 1. The Bertz CT molecular complexity index is 1230. The number of ether oxygens (including phenoxy) is 1. The van der Waals surface area contributed by atoms with E-state index in [1.54, 1.807) is 20.8 Å². The molecule has 0 aromatic carbocycles. The molecule has 2 aliphatic heterocycles. The molecule has 1 unspecified atom stereocenters. The number of carboxylic acid groups (broad SMARTS) is 1. The van der Waals surface area contributed by atoms with Gasteiger partial charge in [-0.3, -0.25) is 14.5 Å². The van der Waals surface area contributed by atoms with Crippen LogP contribution in [0.1, 0.15) is 26.5 Å². The fourth-order valence-electron chi connectivity index (χ4n) is 3.37. The molecule has 36 heavy (non-hydrogen) atoms. The van der Waals surface area contributed by atoms with Gasteiger partial charge in [0, 0.05) is 17.4 Å². The average molecular weight is 561 g/mol. The monoisotopic (exact) mass is 560 g/mol. The van der Waals surface area contributed by atoms with E-state index in [0.717, 1.165) is 22.9 Å². The summed E-state index contributed by atoms with van der Waals surface area (Å²) in [6, 6.07) is -1.09. The second-order valence-corrected chi connectivity index (χ2v) is 12.8. The molecule has 0 spiro atoms. The first-order valence-corrected chi connectivity index (χ1v) is 14.4. The molecule has 1 saturated heterocycles. The number of hydrogen-bond acceptors (Lipinski definition) is 12. The number of nitrogens with zero attached hydrogens (tertiary/aromatic N) is 3. The minimum atomic E-state index is -3.53. The van der Waals surface area contributed by atoms with Crippen LogP contribution < -0.4 is 5.32 Å². The van der Waals surface area contributed by atoms with Crippen molar-refractivity contribution in [3.8, 4) is 0 Å². The summed E-state index contributed by atoms with van der Waals surface area (Å²) in [7, 11) is -3.53. The van der Waals surface area contributed by atoms with Gasteiger partial charge < -0.3 is 20.0 Å². The lowest BCUT2D eigenvalue weighted by Crippen LogP contribution is -2.71. The molecule has 3 rings (SSSR count). The zero-order valence-corrected chi connectivity index (χ0v) is 22.2. The highest BCUT2D eigenvalue weighted by atomic mass is 32.2. The molecule has 196 valence electrons. The lowest BCUT2D eigenvalue weighted by Gasteiger charge is -2.49. The Morgan fingerprint density at radius 3 is 2.58 bits per heavy atom. The van der Waals surface area contributed by atoms with Crippen LogP contribution in [0.3, 0.4) is 0 Å². The highest BCUT2D eigenvalue weighted by molar-refractivity contribution is 8.00. The van der Waals surface area contributed by atoms with Gasteiger partial charge in [-0.15, -0.1) is 23.1 Å². The molecule has 1 aromatic heterocycles. The van der Waals surface area contributed by atoms with Gasteiger partial charge in [0.2, 0.25) is 6.61 Å². The molecule has 2 amide bonds.